The van der Waals surface area contributed by atoms with Crippen molar-refractivity contribution < 1.29 is 9.59 Å². The van der Waals surface area contributed by atoms with Gasteiger partial charge in [0.25, 0.3) is 0 Å². The number of hydrogen-bond donors (Lipinski definition) is 0. The van der Waals surface area contributed by atoms with E-state index < -0.39 is 0 Å². The Labute approximate surface area is 239 Å². The Morgan fingerprint density at radius 3 is 2.54 bits per heavy atom. The van der Waals surface area contributed by atoms with E-state index in [1.54, 1.807) is 11.7 Å². The van der Waals surface area contributed by atoms with E-state index in [1.165, 1.54) is 57.8 Å². The summed E-state index contributed by atoms with van der Waals surface area (Å²) in [6, 6.07) is 0.370. The number of unbranched alkanes of at least 4 members (excludes halogenated alkanes) is 3. The first-order chi connectivity index (χ1) is 18.7. The topological polar surface area (TPSA) is 49.7 Å². The molecule has 0 aromatic carbocycles. The van der Waals surface area contributed by atoms with Gasteiger partial charge in [-0.15, -0.1) is 0 Å². The van der Waals surface area contributed by atoms with Gasteiger partial charge >= 0.3 is 0 Å². The highest BCUT2D eigenvalue weighted by Crippen LogP contribution is 2.67. The van der Waals surface area contributed by atoms with Gasteiger partial charge in [0.2, 0.25) is 12.5 Å². The Kier molecular flexibility index (Phi) is 10.6. The van der Waals surface area contributed by atoms with Gasteiger partial charge in [0.1, 0.15) is 0 Å². The molecule has 0 heterocycles. The molecule has 4 aliphatic carbocycles. The fourth-order valence-corrected chi connectivity index (χ4v) is 10.2. The van der Waals surface area contributed by atoms with Gasteiger partial charge in [-0.1, -0.05) is 78.4 Å². The lowest BCUT2D eigenvalue weighted by Crippen LogP contribution is -2.52. The summed E-state index contributed by atoms with van der Waals surface area (Å²) in [5.41, 5.74) is 2.57. The number of allylic oxidation sites excluding steroid dienone is 1. The third-order valence-corrected chi connectivity index (χ3v) is 12.4. The van der Waals surface area contributed by atoms with Crippen molar-refractivity contribution in [3.05, 3.63) is 11.6 Å². The molecule has 1 amide bonds. The Bertz CT molecular complexity index is 891. The summed E-state index contributed by atoms with van der Waals surface area (Å²) in [5, 5.41) is 0. The predicted octanol–water partition coefficient (Wildman–Crippen LogP) is 8.75. The first-order valence-electron chi connectivity index (χ1n) is 16.7. The van der Waals surface area contributed by atoms with E-state index in [0.717, 1.165) is 87.0 Å². The molecular weight excluding hydrogens is 480 g/mol. The van der Waals surface area contributed by atoms with Crippen LogP contribution in [0.2, 0.25) is 0 Å². The van der Waals surface area contributed by atoms with Crippen LogP contribution in [0.5, 0.6) is 0 Å². The predicted molar refractivity (Wildman–Crippen MR) is 161 cm³/mol. The van der Waals surface area contributed by atoms with Gasteiger partial charge < -0.3 is 4.90 Å². The number of fused-ring (bicyclic) bond motifs is 5. The van der Waals surface area contributed by atoms with Crippen LogP contribution in [-0.2, 0) is 9.59 Å². The van der Waals surface area contributed by atoms with E-state index in [9.17, 15) is 9.59 Å². The zero-order chi connectivity index (χ0) is 28.0. The molecule has 4 nitrogen and oxygen atoms in total. The minimum absolute atomic E-state index is 0.343. The third-order valence-electron chi connectivity index (χ3n) is 12.4. The molecule has 0 bridgehead atoms. The number of rotatable bonds is 14. The van der Waals surface area contributed by atoms with Crippen molar-refractivity contribution >= 4 is 12.5 Å². The van der Waals surface area contributed by atoms with Crippen LogP contribution < -0.4 is 0 Å². The minimum atomic E-state index is 0.343. The molecule has 3 saturated carbocycles. The van der Waals surface area contributed by atoms with Gasteiger partial charge in [0, 0.05) is 12.6 Å². The van der Waals surface area contributed by atoms with Crippen molar-refractivity contribution in [2.45, 2.75) is 137 Å². The van der Waals surface area contributed by atoms with Crippen molar-refractivity contribution in [1.82, 2.24) is 4.90 Å². The van der Waals surface area contributed by atoms with E-state index in [1.807, 2.05) is 0 Å². The Hall–Kier alpha value is -1.41. The van der Waals surface area contributed by atoms with E-state index in [-0.39, 0.29) is 0 Å². The minimum Gasteiger partial charge on any atom is -0.342 e. The molecular formula is C35H58N2O2. The number of hydrogen-bond acceptors (Lipinski definition) is 3. The second-order valence-corrected chi connectivity index (χ2v) is 14.9. The second-order valence-electron chi connectivity index (χ2n) is 14.9. The molecule has 220 valence electrons. The standard InChI is InChI=1S/C35H58N2O2/c1-26(2)11-10-12-27(3)31-15-16-32-30-14-13-28-23-29(37(25-39)22-9-7-6-8-21-36-24-38)17-19-34(28,4)33(30)18-20-35(31,32)5/h13,25-27,29-33H,6-12,14-23H2,1-5H3/t27-,29?,30?,31-,32?,33?,34+,35-/m1/s1. The molecule has 0 aromatic heterocycles. The zero-order valence-corrected chi connectivity index (χ0v) is 25.9. The first kappa shape index (κ1) is 30.5. The summed E-state index contributed by atoms with van der Waals surface area (Å²) in [4.78, 5) is 28.0. The number of aliphatic imine (C=N–C) groups is 1. The molecule has 4 heteroatoms. The largest absolute Gasteiger partial charge is 0.342 e. The molecule has 39 heavy (non-hydrogen) atoms. The lowest BCUT2D eigenvalue weighted by Gasteiger charge is -2.59. The van der Waals surface area contributed by atoms with Crippen LogP contribution in [0.1, 0.15) is 131 Å². The molecule has 4 unspecified atom stereocenters. The summed E-state index contributed by atoms with van der Waals surface area (Å²) in [6.07, 6.45) is 24.3. The summed E-state index contributed by atoms with van der Waals surface area (Å²) in [6.45, 7) is 14.0. The van der Waals surface area contributed by atoms with Gasteiger partial charge in [-0.05, 0) is 111 Å². The van der Waals surface area contributed by atoms with Gasteiger partial charge in [-0.25, -0.2) is 9.79 Å². The maximum atomic E-state index is 12.1. The maximum absolute atomic E-state index is 12.1. The molecule has 0 N–H and O–H groups in total. The van der Waals surface area contributed by atoms with Gasteiger partial charge in [0.05, 0.1) is 6.54 Å². The van der Waals surface area contributed by atoms with Crippen LogP contribution in [0.25, 0.3) is 0 Å². The summed E-state index contributed by atoms with van der Waals surface area (Å²) < 4.78 is 0. The fourth-order valence-electron chi connectivity index (χ4n) is 10.2. The average molecular weight is 539 g/mol. The highest BCUT2D eigenvalue weighted by Gasteiger charge is 2.59. The summed E-state index contributed by atoms with van der Waals surface area (Å²) in [5.74, 6) is 5.24. The van der Waals surface area contributed by atoms with Crippen LogP contribution in [-0.4, -0.2) is 36.5 Å². The molecule has 3 fully saturated rings. The normalized spacial score (nSPS) is 36.3. The van der Waals surface area contributed by atoms with E-state index in [0.29, 0.717) is 23.4 Å². The number of amides is 1. The highest BCUT2D eigenvalue weighted by atomic mass is 16.1. The van der Waals surface area contributed by atoms with Crippen molar-refractivity contribution in [3.8, 4) is 0 Å². The maximum Gasteiger partial charge on any atom is 0.234 e. The van der Waals surface area contributed by atoms with Crippen molar-refractivity contribution in [3.63, 3.8) is 0 Å². The monoisotopic (exact) mass is 538 g/mol. The average Bonchev–Trinajstić information content (AvgIpc) is 3.27. The SMILES string of the molecule is CC(C)CCC[C@@H](C)[C@H]1CCC2C3CC=C4CC(N(C=O)CCCCCCN=C=O)CC[C@]4(C)C3CC[C@@]21C. The van der Waals surface area contributed by atoms with Crippen molar-refractivity contribution in [1.29, 1.82) is 0 Å². The molecule has 0 radical (unpaired) electrons. The Morgan fingerprint density at radius 2 is 1.79 bits per heavy atom. The third kappa shape index (κ3) is 6.58. The number of carbonyl (C=O) groups excluding carboxylic acids is 2. The van der Waals surface area contributed by atoms with Crippen LogP contribution in [0.3, 0.4) is 0 Å². The Balaban J connectivity index is 1.35. The van der Waals surface area contributed by atoms with Gasteiger partial charge in [-0.3, -0.25) is 4.79 Å². The number of isocyanates is 1. The molecule has 4 rings (SSSR count). The van der Waals surface area contributed by atoms with Crippen LogP contribution >= 0.6 is 0 Å². The van der Waals surface area contributed by atoms with E-state index in [2.05, 4.69) is 50.6 Å². The van der Waals surface area contributed by atoms with Crippen molar-refractivity contribution in [2.75, 3.05) is 13.1 Å². The summed E-state index contributed by atoms with van der Waals surface area (Å²) in [7, 11) is 0. The molecule has 4 aliphatic rings. The molecule has 0 aliphatic heterocycles. The van der Waals surface area contributed by atoms with Crippen LogP contribution in [0.15, 0.2) is 16.6 Å². The lowest BCUT2D eigenvalue weighted by molar-refractivity contribution is -0.121. The summed E-state index contributed by atoms with van der Waals surface area (Å²) >= 11 is 0. The van der Waals surface area contributed by atoms with E-state index in [4.69, 9.17) is 0 Å². The number of nitrogens with zero attached hydrogens (tertiary/aromatic N) is 2. The lowest BCUT2D eigenvalue weighted by atomic mass is 9.47. The van der Waals surface area contributed by atoms with Crippen LogP contribution in [0, 0.1) is 46.3 Å². The number of carbonyl (C=O) groups is 1. The van der Waals surface area contributed by atoms with Crippen molar-refractivity contribution in [2.24, 2.45) is 51.3 Å². The molecule has 8 atom stereocenters. The highest BCUT2D eigenvalue weighted by molar-refractivity contribution is 5.48. The first-order valence-corrected chi connectivity index (χ1v) is 16.7. The van der Waals surface area contributed by atoms with Gasteiger partial charge in [0.15, 0.2) is 0 Å². The molecule has 0 aromatic rings. The Morgan fingerprint density at radius 1 is 1.00 bits per heavy atom. The quantitative estimate of drug-likeness (QED) is 0.0729. The zero-order valence-electron chi connectivity index (χ0n) is 25.9. The van der Waals surface area contributed by atoms with E-state index >= 15 is 0 Å². The second kappa shape index (κ2) is 13.5. The smallest absolute Gasteiger partial charge is 0.234 e. The molecule has 0 saturated heterocycles. The van der Waals surface area contributed by atoms with Crippen LogP contribution in [0.4, 0.5) is 0 Å². The molecule has 0 spiro atoms. The van der Waals surface area contributed by atoms with Gasteiger partial charge in [-0.2, -0.15) is 0 Å². The fraction of sp³-hybridized carbons (Fsp3) is 0.886.